The van der Waals surface area contributed by atoms with Crippen LogP contribution in [0.5, 0.6) is 0 Å². The average Bonchev–Trinajstić information content (AvgIpc) is 3.49. The van der Waals surface area contributed by atoms with E-state index in [1.54, 1.807) is 18.3 Å². The van der Waals surface area contributed by atoms with Gasteiger partial charge in [-0.2, -0.15) is 0 Å². The van der Waals surface area contributed by atoms with Gasteiger partial charge in [-0.25, -0.2) is 9.97 Å². The first-order valence-corrected chi connectivity index (χ1v) is 28.0. The number of ether oxygens (including phenoxy) is 1. The fourth-order valence-corrected chi connectivity index (χ4v) is 4.21. The molecule has 244 valence electrons. The number of hydrogen-bond acceptors (Lipinski definition) is 5. The molecule has 0 fully saturated rings. The molecule has 0 aliphatic carbocycles. The Balaban J connectivity index is 0.000000292. The van der Waals surface area contributed by atoms with Crippen LogP contribution in [0.3, 0.4) is 0 Å². The number of aliphatic carboxylic acids is 1. The topological polar surface area (TPSA) is 111 Å². The van der Waals surface area contributed by atoms with Crippen LogP contribution in [-0.2, 0) is 46.2 Å². The van der Waals surface area contributed by atoms with Gasteiger partial charge in [-0.3, -0.25) is 9.59 Å². The molecule has 0 aliphatic heterocycles. The van der Waals surface area contributed by atoms with E-state index in [-0.39, 0.29) is 29.8 Å². The van der Waals surface area contributed by atoms with Gasteiger partial charge in [-0.1, -0.05) is 23.2 Å². The molecule has 0 aliphatic rings. The number of hydrogen-bond donors (Lipinski definition) is 2. The van der Waals surface area contributed by atoms with Crippen molar-refractivity contribution in [3.05, 3.63) is 82.4 Å². The Labute approximate surface area is 311 Å². The van der Waals surface area contributed by atoms with Crippen molar-refractivity contribution in [1.29, 1.82) is 0 Å². The standard InChI is InChI=1S/C18H24ClN3O2.C12H11ClN2O2.3HI.V/c1-13(2)24-10-4-9-20-17(23)11-16-12-22(3)18(21-16)14-5-7-15(19)8-6-14;1-15-7-10(6-11(16)17)14-12(15)8-2-4-9(13)5-3-8;;;;/h5-8,12-13H,4,9-11H2,1-3H3,(H,20,23);2-5,7H,6H2,1H3,(H,16,17);3*1H;/q;;;;;+3/p-3. The third-order valence-electron chi connectivity index (χ3n) is 5.83. The summed E-state index contributed by atoms with van der Waals surface area (Å²) in [6.07, 6.45) is 4.83. The first-order valence-electron chi connectivity index (χ1n) is 13.7. The maximum atomic E-state index is 12.0. The third-order valence-corrected chi connectivity index (χ3v) is 6.33. The Morgan fingerprint density at radius 3 is 1.69 bits per heavy atom. The Morgan fingerprint density at radius 1 is 0.867 bits per heavy atom. The molecule has 4 aromatic rings. The Bertz CT molecular complexity index is 1500. The van der Waals surface area contributed by atoms with Crippen LogP contribution in [0.4, 0.5) is 0 Å². The van der Waals surface area contributed by atoms with Gasteiger partial charge < -0.3 is 24.3 Å². The molecule has 0 saturated carbocycles. The van der Waals surface area contributed by atoms with E-state index in [2.05, 4.69) is 75.2 Å². The number of carboxylic acid groups (broad SMARTS) is 1. The molecule has 4 rings (SSSR count). The van der Waals surface area contributed by atoms with Gasteiger partial charge in [0, 0.05) is 60.8 Å². The van der Waals surface area contributed by atoms with Crippen LogP contribution in [0.25, 0.3) is 22.8 Å². The second kappa shape index (κ2) is 21.2. The number of nitrogens with zero attached hydrogens (tertiary/aromatic N) is 4. The molecule has 2 aromatic heterocycles. The second-order valence-electron chi connectivity index (χ2n) is 9.91. The van der Waals surface area contributed by atoms with Crippen LogP contribution in [0.1, 0.15) is 31.7 Å². The molecule has 0 radical (unpaired) electrons. The second-order valence-corrected chi connectivity index (χ2v) is 46.2. The molecule has 2 heterocycles. The summed E-state index contributed by atoms with van der Waals surface area (Å²) in [6, 6.07) is 14.8. The Hall–Kier alpha value is -0.886. The fourth-order valence-electron chi connectivity index (χ4n) is 3.96. The first kappa shape index (κ1) is 40.3. The molecule has 1 amide bonds. The quantitative estimate of drug-likeness (QED) is 0.116. The van der Waals surface area contributed by atoms with Crippen LogP contribution in [0, 0.1) is 0 Å². The van der Waals surface area contributed by atoms with Gasteiger partial charge in [-0.15, -0.1) is 0 Å². The predicted molar refractivity (Wildman–Crippen MR) is 203 cm³/mol. The number of halogens is 5. The number of amides is 1. The number of nitrogens with one attached hydrogen (secondary N) is 1. The monoisotopic (exact) mass is 1030 g/mol. The van der Waals surface area contributed by atoms with Gasteiger partial charge >= 0.3 is 70.8 Å². The van der Waals surface area contributed by atoms with E-state index in [1.807, 2.05) is 79.7 Å². The molecule has 0 atom stereocenters. The van der Waals surface area contributed by atoms with Crippen LogP contribution in [-0.4, -0.2) is 55.3 Å². The van der Waals surface area contributed by atoms with Crippen molar-refractivity contribution in [2.24, 2.45) is 14.1 Å². The number of imidazole rings is 2. The minimum atomic E-state index is -0.884. The van der Waals surface area contributed by atoms with Crippen LogP contribution in [0.2, 0.25) is 10.0 Å². The molecule has 0 unspecified atom stereocenters. The summed E-state index contributed by atoms with van der Waals surface area (Å²) in [5, 5.41) is 13.0. The molecule has 45 heavy (non-hydrogen) atoms. The summed E-state index contributed by atoms with van der Waals surface area (Å²) in [6.45, 7) is 5.26. The van der Waals surface area contributed by atoms with Crippen molar-refractivity contribution >= 4 is 95.0 Å². The fraction of sp³-hybridized carbons (Fsp3) is 0.333. The van der Waals surface area contributed by atoms with Crippen LogP contribution >= 0.6 is 83.1 Å². The number of aryl methyl sites for hydroxylation is 2. The van der Waals surface area contributed by atoms with E-state index in [9.17, 15) is 9.59 Å². The predicted octanol–water partition coefficient (Wildman–Crippen LogP) is 8.24. The molecule has 0 spiro atoms. The van der Waals surface area contributed by atoms with Crippen molar-refractivity contribution in [3.8, 4) is 22.8 Å². The van der Waals surface area contributed by atoms with Gasteiger partial charge in [0.15, 0.2) is 0 Å². The number of benzene rings is 2. The molecule has 2 N–H and O–H groups in total. The van der Waals surface area contributed by atoms with Crippen molar-refractivity contribution < 1.29 is 24.4 Å². The summed E-state index contributed by atoms with van der Waals surface area (Å²) in [5.74, 6) is 0.642. The zero-order valence-electron chi connectivity index (χ0n) is 25.2. The SMILES string of the molecule is CC(C)OCCCNC(=O)Cc1cn(C)c(-c2ccc(Cl)cc2)n1.Cn1cc(CC(=O)O)nc1-c1ccc(Cl)cc1.[I][V]([I])[I]. The van der Waals surface area contributed by atoms with Crippen LogP contribution in [0.15, 0.2) is 60.9 Å². The molecule has 9 nitrogen and oxygen atoms in total. The van der Waals surface area contributed by atoms with Gasteiger partial charge in [0.25, 0.3) is 0 Å². The van der Waals surface area contributed by atoms with E-state index in [4.69, 9.17) is 33.0 Å². The van der Waals surface area contributed by atoms with Crippen molar-refractivity contribution in [3.63, 3.8) is 0 Å². The Kier molecular flexibility index (Phi) is 18.9. The minimum absolute atomic E-state index is 0.0275. The van der Waals surface area contributed by atoms with Crippen molar-refractivity contribution in [2.75, 3.05) is 13.2 Å². The number of rotatable bonds is 11. The molecule has 15 heteroatoms. The molecule has 2 aromatic carbocycles. The normalized spacial score (nSPS) is 10.6. The zero-order chi connectivity index (χ0) is 33.5. The van der Waals surface area contributed by atoms with E-state index in [1.165, 1.54) is 0 Å². The zero-order valence-corrected chi connectivity index (χ0v) is 34.6. The van der Waals surface area contributed by atoms with E-state index < -0.39 is 5.97 Å². The van der Waals surface area contributed by atoms with E-state index in [0.717, 1.165) is 34.9 Å². The van der Waals surface area contributed by atoms with E-state index >= 15 is 0 Å². The number of carbonyl (C=O) groups is 2. The van der Waals surface area contributed by atoms with Crippen LogP contribution < -0.4 is 5.32 Å². The van der Waals surface area contributed by atoms with Crippen molar-refractivity contribution in [2.45, 2.75) is 39.2 Å². The van der Waals surface area contributed by atoms with Gasteiger partial charge in [0.1, 0.15) is 11.6 Å². The summed E-state index contributed by atoms with van der Waals surface area (Å²) < 4.78 is 9.17. The first-order chi connectivity index (χ1) is 21.2. The molecular weight excluding hydrogens is 997 g/mol. The maximum absolute atomic E-state index is 12.0. The summed E-state index contributed by atoms with van der Waals surface area (Å²) >= 11 is 19.1. The van der Waals surface area contributed by atoms with Crippen molar-refractivity contribution in [1.82, 2.24) is 24.4 Å². The molecule has 0 bridgehead atoms. The number of carboxylic acids is 1. The van der Waals surface area contributed by atoms with Gasteiger partial charge in [0.05, 0.1) is 30.3 Å². The Morgan fingerprint density at radius 2 is 1.29 bits per heavy atom. The van der Waals surface area contributed by atoms with Gasteiger partial charge in [-0.05, 0) is 68.8 Å². The molecule has 0 saturated heterocycles. The average molecular weight is 1030 g/mol. The third kappa shape index (κ3) is 16.2. The summed E-state index contributed by atoms with van der Waals surface area (Å²) in [4.78, 5) is 31.2. The van der Waals surface area contributed by atoms with Gasteiger partial charge in [0.2, 0.25) is 5.91 Å². The number of aromatic nitrogens is 4. The molecular formula is C30H35Cl2I3N5O4V. The summed E-state index contributed by atoms with van der Waals surface area (Å²) in [7, 11) is 3.75. The van der Waals surface area contributed by atoms with E-state index in [0.29, 0.717) is 28.9 Å². The summed E-state index contributed by atoms with van der Waals surface area (Å²) in [5.41, 5.74) is 3.18. The number of carbonyl (C=O) groups excluding carboxylic acids is 1.